The van der Waals surface area contributed by atoms with Gasteiger partial charge in [-0.1, -0.05) is 13.0 Å². The third-order valence-corrected chi connectivity index (χ3v) is 3.39. The summed E-state index contributed by atoms with van der Waals surface area (Å²) >= 11 is 0. The minimum absolute atomic E-state index is 0.0582. The first kappa shape index (κ1) is 13.3. The highest BCUT2D eigenvalue weighted by molar-refractivity contribution is 7.85. The number of hydrogen-bond donors (Lipinski definition) is 0. The predicted molar refractivity (Wildman–Crippen MR) is 64.5 cm³/mol. The van der Waals surface area contributed by atoms with Gasteiger partial charge in [-0.15, -0.1) is 0 Å². The highest BCUT2D eigenvalue weighted by Crippen LogP contribution is 2.35. The van der Waals surface area contributed by atoms with Crippen molar-refractivity contribution >= 4 is 10.1 Å². The molecule has 4 nitrogen and oxygen atoms in total. The van der Waals surface area contributed by atoms with E-state index in [1.807, 2.05) is 6.92 Å². The summed E-state index contributed by atoms with van der Waals surface area (Å²) in [6.07, 6.45) is 1.61. The van der Waals surface area contributed by atoms with Crippen molar-refractivity contribution < 1.29 is 21.7 Å². The zero-order valence-corrected chi connectivity index (χ0v) is 11.1. The number of fused-ring (bicyclic) bond motifs is 1. The monoisotopic (exact) mass is 274 g/mol. The van der Waals surface area contributed by atoms with Gasteiger partial charge in [0.2, 0.25) is 0 Å². The van der Waals surface area contributed by atoms with E-state index in [1.54, 1.807) is 6.07 Å². The molecule has 1 unspecified atom stereocenters. The van der Waals surface area contributed by atoms with Gasteiger partial charge in [0, 0.05) is 11.5 Å². The summed E-state index contributed by atoms with van der Waals surface area (Å²) in [6, 6.07) is 4.36. The average Bonchev–Trinajstić information content (AvgIpc) is 2.27. The van der Waals surface area contributed by atoms with Gasteiger partial charge in [0.15, 0.2) is 0 Å². The molecule has 1 heterocycles. The maximum Gasteiger partial charge on any atom is 0.264 e. The first-order valence-electron chi connectivity index (χ1n) is 5.53. The van der Waals surface area contributed by atoms with Crippen LogP contribution in [0.15, 0.2) is 18.2 Å². The molecule has 2 rings (SSSR count). The summed E-state index contributed by atoms with van der Waals surface area (Å²) in [5, 5.41) is 0. The molecule has 18 heavy (non-hydrogen) atoms. The second kappa shape index (κ2) is 4.51. The smallest absolute Gasteiger partial charge is 0.264 e. The lowest BCUT2D eigenvalue weighted by Gasteiger charge is -2.34. The van der Waals surface area contributed by atoms with E-state index >= 15 is 0 Å². The molecule has 1 aromatic rings. The van der Waals surface area contributed by atoms with Crippen LogP contribution in [-0.2, 0) is 20.7 Å². The molecule has 0 aliphatic carbocycles. The summed E-state index contributed by atoms with van der Waals surface area (Å²) in [5.74, 6) is 0.177. The number of rotatable bonds is 3. The Morgan fingerprint density at radius 1 is 1.50 bits per heavy atom. The minimum Gasteiger partial charge on any atom is -0.493 e. The van der Waals surface area contributed by atoms with E-state index in [0.29, 0.717) is 18.8 Å². The van der Waals surface area contributed by atoms with Crippen LogP contribution in [0.4, 0.5) is 4.39 Å². The summed E-state index contributed by atoms with van der Waals surface area (Å²) in [5.41, 5.74) is 0.440. The van der Waals surface area contributed by atoms with Crippen molar-refractivity contribution in [2.24, 2.45) is 5.41 Å². The van der Waals surface area contributed by atoms with Crippen LogP contribution >= 0.6 is 0 Å². The van der Waals surface area contributed by atoms with Crippen LogP contribution in [0.2, 0.25) is 0 Å². The van der Waals surface area contributed by atoms with Crippen molar-refractivity contribution in [1.82, 2.24) is 0 Å². The minimum atomic E-state index is -3.46. The molecule has 1 aromatic carbocycles. The fraction of sp³-hybridized carbons (Fsp3) is 0.500. The van der Waals surface area contributed by atoms with Gasteiger partial charge < -0.3 is 4.74 Å². The quantitative estimate of drug-likeness (QED) is 0.788. The van der Waals surface area contributed by atoms with Crippen LogP contribution in [0.25, 0.3) is 0 Å². The Bertz CT molecular complexity index is 555. The third-order valence-electron chi connectivity index (χ3n) is 2.84. The van der Waals surface area contributed by atoms with E-state index in [4.69, 9.17) is 8.92 Å². The molecule has 0 saturated carbocycles. The molecular formula is C12H15FO4S. The Hall–Kier alpha value is -1.14. The molecule has 1 aliphatic rings. The molecule has 0 spiro atoms. The summed E-state index contributed by atoms with van der Waals surface area (Å²) in [4.78, 5) is 0. The van der Waals surface area contributed by atoms with E-state index in [1.165, 1.54) is 12.1 Å². The Balaban J connectivity index is 2.13. The molecule has 1 atom stereocenters. The largest absolute Gasteiger partial charge is 0.493 e. The molecule has 0 N–H and O–H groups in total. The number of benzene rings is 1. The second-order valence-electron chi connectivity index (χ2n) is 4.99. The van der Waals surface area contributed by atoms with Gasteiger partial charge in [0.1, 0.15) is 11.6 Å². The van der Waals surface area contributed by atoms with E-state index in [9.17, 15) is 12.8 Å². The zero-order valence-electron chi connectivity index (χ0n) is 10.3. The molecule has 100 valence electrons. The fourth-order valence-electron chi connectivity index (χ4n) is 1.91. The molecule has 0 aromatic heterocycles. The lowest BCUT2D eigenvalue weighted by Crippen LogP contribution is -2.37. The van der Waals surface area contributed by atoms with Crippen LogP contribution in [0.1, 0.15) is 12.5 Å². The second-order valence-corrected chi connectivity index (χ2v) is 6.64. The van der Waals surface area contributed by atoms with Gasteiger partial charge in [0.25, 0.3) is 10.1 Å². The number of halogens is 1. The molecule has 0 bridgehead atoms. The van der Waals surface area contributed by atoms with Gasteiger partial charge in [0.05, 0.1) is 19.5 Å². The van der Waals surface area contributed by atoms with Crippen molar-refractivity contribution in [2.75, 3.05) is 19.5 Å². The van der Waals surface area contributed by atoms with Crippen molar-refractivity contribution in [3.8, 4) is 5.75 Å². The number of hydrogen-bond acceptors (Lipinski definition) is 4. The van der Waals surface area contributed by atoms with Crippen LogP contribution < -0.4 is 4.74 Å². The van der Waals surface area contributed by atoms with Gasteiger partial charge in [-0.2, -0.15) is 8.42 Å². The van der Waals surface area contributed by atoms with Crippen LogP contribution in [0.5, 0.6) is 5.75 Å². The highest BCUT2D eigenvalue weighted by Gasteiger charge is 2.33. The van der Waals surface area contributed by atoms with Crippen molar-refractivity contribution in [3.05, 3.63) is 29.6 Å². The van der Waals surface area contributed by atoms with E-state index in [-0.39, 0.29) is 12.4 Å². The Morgan fingerprint density at radius 3 is 2.89 bits per heavy atom. The van der Waals surface area contributed by atoms with Gasteiger partial charge in [-0.05, 0) is 18.1 Å². The molecular weight excluding hydrogens is 259 g/mol. The van der Waals surface area contributed by atoms with Crippen LogP contribution in [-0.4, -0.2) is 27.9 Å². The number of ether oxygens (including phenoxy) is 1. The summed E-state index contributed by atoms with van der Waals surface area (Å²) in [7, 11) is -3.46. The Morgan fingerprint density at radius 2 is 2.22 bits per heavy atom. The average molecular weight is 274 g/mol. The van der Waals surface area contributed by atoms with E-state index in [0.717, 1.165) is 11.8 Å². The normalized spacial score (nSPS) is 23.3. The van der Waals surface area contributed by atoms with Gasteiger partial charge in [-0.25, -0.2) is 4.39 Å². The van der Waals surface area contributed by atoms with Gasteiger partial charge >= 0.3 is 0 Å². The summed E-state index contributed by atoms with van der Waals surface area (Å²) < 4.78 is 45.3. The standard InChI is InChI=1S/C12H15FO4S/c1-12(8-17-18(2,14)15)6-9-3-4-10(13)5-11(9)16-7-12/h3-5H,6-8H2,1-2H3. The van der Waals surface area contributed by atoms with E-state index in [2.05, 4.69) is 0 Å². The molecule has 6 heteroatoms. The summed E-state index contributed by atoms with van der Waals surface area (Å²) in [6.45, 7) is 2.24. The molecule has 0 fully saturated rings. The maximum absolute atomic E-state index is 13.0. The van der Waals surface area contributed by atoms with Crippen molar-refractivity contribution in [3.63, 3.8) is 0 Å². The van der Waals surface area contributed by atoms with Crippen molar-refractivity contribution in [2.45, 2.75) is 13.3 Å². The van der Waals surface area contributed by atoms with E-state index < -0.39 is 15.5 Å². The fourth-order valence-corrected chi connectivity index (χ4v) is 2.41. The topological polar surface area (TPSA) is 52.6 Å². The Kier molecular flexibility index (Phi) is 3.33. The highest BCUT2D eigenvalue weighted by atomic mass is 32.2. The zero-order chi connectivity index (χ0) is 13.4. The predicted octanol–water partition coefficient (Wildman–Crippen LogP) is 1.74. The maximum atomic E-state index is 13.0. The van der Waals surface area contributed by atoms with Gasteiger partial charge in [-0.3, -0.25) is 4.18 Å². The lowest BCUT2D eigenvalue weighted by atomic mass is 9.83. The molecule has 1 aliphatic heterocycles. The molecule has 0 amide bonds. The first-order valence-corrected chi connectivity index (χ1v) is 7.35. The van der Waals surface area contributed by atoms with Crippen molar-refractivity contribution in [1.29, 1.82) is 0 Å². The van der Waals surface area contributed by atoms with Crippen LogP contribution in [0, 0.1) is 11.2 Å². The molecule has 0 saturated heterocycles. The lowest BCUT2D eigenvalue weighted by molar-refractivity contribution is 0.0813. The Labute approximate surface area is 106 Å². The third kappa shape index (κ3) is 3.20. The molecule has 0 radical (unpaired) electrons. The SMILES string of the molecule is CC1(COS(C)(=O)=O)COc2cc(F)ccc2C1. The first-order chi connectivity index (χ1) is 8.27. The van der Waals surface area contributed by atoms with Crippen LogP contribution in [0.3, 0.4) is 0 Å².